The van der Waals surface area contributed by atoms with Gasteiger partial charge in [-0.1, -0.05) is 77.5 Å². The van der Waals surface area contributed by atoms with Gasteiger partial charge in [0.25, 0.3) is 0 Å². The predicted octanol–water partition coefficient (Wildman–Crippen LogP) is 4.61. The van der Waals surface area contributed by atoms with Crippen LogP contribution in [0.1, 0.15) is 18.1 Å². The number of thioether (sulfide) groups is 1. The van der Waals surface area contributed by atoms with E-state index in [0.29, 0.717) is 11.7 Å². The Bertz CT molecular complexity index is 1000. The number of carbonyl (C=O) groups is 1. The molecule has 3 rings (SSSR count). The van der Waals surface area contributed by atoms with Crippen LogP contribution in [0.15, 0.2) is 66.3 Å². The van der Waals surface area contributed by atoms with Gasteiger partial charge in [-0.2, -0.15) is 0 Å². The van der Waals surface area contributed by atoms with E-state index < -0.39 is 0 Å². The summed E-state index contributed by atoms with van der Waals surface area (Å²) in [5, 5.41) is 11.7. The van der Waals surface area contributed by atoms with Crippen molar-refractivity contribution in [1.82, 2.24) is 20.5 Å². The van der Waals surface area contributed by atoms with E-state index in [1.807, 2.05) is 57.2 Å². The van der Waals surface area contributed by atoms with Crippen LogP contribution in [0.25, 0.3) is 22.5 Å². The van der Waals surface area contributed by atoms with E-state index in [-0.39, 0.29) is 11.2 Å². The molecule has 0 saturated heterocycles. The van der Waals surface area contributed by atoms with Gasteiger partial charge in [-0.15, -0.1) is 16.8 Å². The molecule has 0 spiro atoms. The van der Waals surface area contributed by atoms with Crippen LogP contribution in [0.3, 0.4) is 0 Å². The summed E-state index contributed by atoms with van der Waals surface area (Å²) in [4.78, 5) is 16.9. The first-order chi connectivity index (χ1) is 14.0. The van der Waals surface area contributed by atoms with E-state index in [9.17, 15) is 4.79 Å². The zero-order chi connectivity index (χ0) is 20.8. The van der Waals surface area contributed by atoms with Crippen LogP contribution < -0.4 is 5.32 Å². The van der Waals surface area contributed by atoms with Gasteiger partial charge >= 0.3 is 0 Å². The first-order valence-electron chi connectivity index (χ1n) is 9.42. The van der Waals surface area contributed by atoms with E-state index in [2.05, 4.69) is 34.2 Å². The van der Waals surface area contributed by atoms with Crippen molar-refractivity contribution in [2.75, 3.05) is 6.54 Å². The Morgan fingerprint density at radius 1 is 1.00 bits per heavy atom. The molecule has 6 heteroatoms. The zero-order valence-electron chi connectivity index (χ0n) is 16.8. The van der Waals surface area contributed by atoms with Crippen LogP contribution in [0.4, 0.5) is 0 Å². The summed E-state index contributed by atoms with van der Waals surface area (Å²) in [6.07, 6.45) is 1.65. The van der Waals surface area contributed by atoms with Crippen molar-refractivity contribution in [1.29, 1.82) is 0 Å². The maximum atomic E-state index is 12.2. The summed E-state index contributed by atoms with van der Waals surface area (Å²) < 4.78 is 0. The monoisotopic (exact) mass is 404 g/mol. The van der Waals surface area contributed by atoms with Crippen molar-refractivity contribution in [3.63, 3.8) is 0 Å². The highest BCUT2D eigenvalue weighted by molar-refractivity contribution is 8.00. The molecule has 148 valence electrons. The lowest BCUT2D eigenvalue weighted by atomic mass is 10.0. The molecule has 0 saturated carbocycles. The van der Waals surface area contributed by atoms with Gasteiger partial charge in [0.2, 0.25) is 11.1 Å². The highest BCUT2D eigenvalue weighted by Crippen LogP contribution is 2.31. The largest absolute Gasteiger partial charge is 0.352 e. The smallest absolute Gasteiger partial charge is 0.233 e. The van der Waals surface area contributed by atoms with E-state index in [1.165, 1.54) is 22.9 Å². The molecule has 1 aromatic heterocycles. The van der Waals surface area contributed by atoms with Crippen molar-refractivity contribution in [3.8, 4) is 22.5 Å². The lowest BCUT2D eigenvalue weighted by molar-refractivity contribution is -0.120. The Kier molecular flexibility index (Phi) is 6.77. The molecular weight excluding hydrogens is 380 g/mol. The van der Waals surface area contributed by atoms with Crippen LogP contribution in [0.5, 0.6) is 0 Å². The zero-order valence-corrected chi connectivity index (χ0v) is 17.7. The fourth-order valence-corrected chi connectivity index (χ4v) is 3.45. The van der Waals surface area contributed by atoms with Crippen molar-refractivity contribution in [3.05, 3.63) is 72.3 Å². The molecule has 2 aromatic carbocycles. The van der Waals surface area contributed by atoms with E-state index in [1.54, 1.807) is 6.08 Å². The second-order valence-corrected chi connectivity index (χ2v) is 8.13. The van der Waals surface area contributed by atoms with Crippen LogP contribution in [-0.2, 0) is 4.79 Å². The molecule has 0 aliphatic heterocycles. The molecule has 0 unspecified atom stereocenters. The van der Waals surface area contributed by atoms with Gasteiger partial charge in [-0.25, -0.2) is 4.98 Å². The van der Waals surface area contributed by atoms with Crippen LogP contribution in [0.2, 0.25) is 0 Å². The number of rotatable bonds is 7. The number of benzene rings is 2. The Morgan fingerprint density at radius 2 is 1.55 bits per heavy atom. The number of aryl methyl sites for hydroxylation is 2. The fraction of sp³-hybridized carbons (Fsp3) is 0.217. The Morgan fingerprint density at radius 3 is 2.10 bits per heavy atom. The summed E-state index contributed by atoms with van der Waals surface area (Å²) in [6.45, 7) is 9.97. The Labute approximate surface area is 175 Å². The van der Waals surface area contributed by atoms with Crippen LogP contribution in [-0.4, -0.2) is 32.9 Å². The molecule has 1 amide bonds. The standard InChI is InChI=1S/C23H24N4OS/c1-5-14-24-22(28)17(4)29-23-25-20(18-10-6-15(2)7-11-18)21(26-27-23)19-12-8-16(3)9-13-19/h5-13,17H,1,14H2,2-4H3,(H,24,28)/t17-/m0/s1. The van der Waals surface area contributed by atoms with Crippen molar-refractivity contribution in [2.45, 2.75) is 31.2 Å². The molecule has 0 aliphatic carbocycles. The molecule has 1 heterocycles. The topological polar surface area (TPSA) is 67.8 Å². The molecule has 3 aromatic rings. The van der Waals surface area contributed by atoms with Gasteiger partial charge in [-0.05, 0) is 20.8 Å². The molecular formula is C23H24N4OS. The maximum Gasteiger partial charge on any atom is 0.233 e. The summed E-state index contributed by atoms with van der Waals surface area (Å²) in [5.74, 6) is -0.0852. The van der Waals surface area contributed by atoms with Crippen molar-refractivity contribution < 1.29 is 4.79 Å². The maximum absolute atomic E-state index is 12.2. The molecule has 1 atom stereocenters. The lowest BCUT2D eigenvalue weighted by Gasteiger charge is -2.12. The molecule has 0 bridgehead atoms. The third-order valence-electron chi connectivity index (χ3n) is 4.39. The highest BCUT2D eigenvalue weighted by Gasteiger charge is 2.19. The summed E-state index contributed by atoms with van der Waals surface area (Å²) >= 11 is 1.29. The fourth-order valence-electron chi connectivity index (χ4n) is 2.71. The Balaban J connectivity index is 1.97. The average molecular weight is 405 g/mol. The van der Waals surface area contributed by atoms with Gasteiger partial charge in [0.05, 0.1) is 5.25 Å². The molecule has 0 aliphatic rings. The minimum atomic E-state index is -0.340. The highest BCUT2D eigenvalue weighted by atomic mass is 32.2. The van der Waals surface area contributed by atoms with E-state index in [4.69, 9.17) is 4.98 Å². The average Bonchev–Trinajstić information content (AvgIpc) is 2.73. The number of hydrogen-bond donors (Lipinski definition) is 1. The number of aromatic nitrogens is 3. The van der Waals surface area contributed by atoms with Gasteiger partial charge in [-0.3, -0.25) is 4.79 Å². The quantitative estimate of drug-likeness (QED) is 0.460. The third-order valence-corrected chi connectivity index (χ3v) is 5.34. The van der Waals surface area contributed by atoms with Gasteiger partial charge in [0.1, 0.15) is 11.4 Å². The summed E-state index contributed by atoms with van der Waals surface area (Å²) in [7, 11) is 0. The van der Waals surface area contributed by atoms with Gasteiger partial charge < -0.3 is 5.32 Å². The minimum absolute atomic E-state index is 0.0852. The van der Waals surface area contributed by atoms with E-state index in [0.717, 1.165) is 22.5 Å². The van der Waals surface area contributed by atoms with Crippen molar-refractivity contribution in [2.24, 2.45) is 0 Å². The van der Waals surface area contributed by atoms with Crippen LogP contribution in [0, 0.1) is 13.8 Å². The number of hydrogen-bond acceptors (Lipinski definition) is 5. The number of nitrogens with zero attached hydrogens (tertiary/aromatic N) is 3. The first kappa shape index (κ1) is 20.7. The van der Waals surface area contributed by atoms with Crippen LogP contribution >= 0.6 is 11.8 Å². The van der Waals surface area contributed by atoms with Gasteiger partial charge in [0, 0.05) is 17.7 Å². The van der Waals surface area contributed by atoms with E-state index >= 15 is 0 Å². The molecule has 0 fully saturated rings. The predicted molar refractivity (Wildman–Crippen MR) is 119 cm³/mol. The normalized spacial score (nSPS) is 11.7. The number of amides is 1. The second kappa shape index (κ2) is 9.47. The summed E-state index contributed by atoms with van der Waals surface area (Å²) in [5.41, 5.74) is 5.76. The lowest BCUT2D eigenvalue weighted by Crippen LogP contribution is -2.31. The minimum Gasteiger partial charge on any atom is -0.352 e. The third kappa shape index (κ3) is 5.29. The number of carbonyl (C=O) groups excluding carboxylic acids is 1. The molecule has 0 radical (unpaired) electrons. The first-order valence-corrected chi connectivity index (χ1v) is 10.3. The van der Waals surface area contributed by atoms with Gasteiger partial charge in [0.15, 0.2) is 0 Å². The molecule has 1 N–H and O–H groups in total. The molecule has 29 heavy (non-hydrogen) atoms. The Hall–Kier alpha value is -2.99. The SMILES string of the molecule is C=CCNC(=O)[C@H](C)Sc1nnc(-c2ccc(C)cc2)c(-c2ccc(C)cc2)n1. The molecule has 5 nitrogen and oxygen atoms in total. The summed E-state index contributed by atoms with van der Waals surface area (Å²) in [6, 6.07) is 16.3. The number of nitrogens with one attached hydrogen (secondary N) is 1. The second-order valence-electron chi connectivity index (χ2n) is 6.82. The van der Waals surface area contributed by atoms with Crippen molar-refractivity contribution >= 4 is 17.7 Å².